The lowest BCUT2D eigenvalue weighted by atomic mass is 9.99. The number of hydrogen-bond donors (Lipinski definition) is 7. The van der Waals surface area contributed by atoms with E-state index in [1.54, 1.807) is 13.8 Å². The van der Waals surface area contributed by atoms with Crippen molar-refractivity contribution in [2.75, 3.05) is 6.54 Å². The van der Waals surface area contributed by atoms with E-state index < -0.39 is 53.8 Å². The Bertz CT molecular complexity index is 699. The van der Waals surface area contributed by atoms with Crippen molar-refractivity contribution in [3.8, 4) is 0 Å². The molecule has 4 unspecified atom stereocenters. The number of carbonyl (C=O) groups excluding carboxylic acids is 4. The maximum Gasteiger partial charge on any atom is 0.326 e. The number of unbranched alkanes of at least 4 members (excludes halogenated alkanes) is 1. The molecule has 0 aromatic carbocycles. The standard InChI is InChI=1S/C22H42N6O6/c1-12(2)11-16(27-19(30)14(24)8-9-17(25)29)20(31)28-18(13(3)4)21(32)26-15(22(33)34)7-5-6-10-23/h12-16,18H,5-11,23-24H2,1-4H3,(H2,25,29)(H,26,32)(H,27,30)(H,28,31)(H,33,34). The second kappa shape index (κ2) is 16.0. The molecule has 4 atom stereocenters. The number of carboxylic acids is 1. The Morgan fingerprint density at radius 3 is 1.88 bits per heavy atom. The Labute approximate surface area is 201 Å². The van der Waals surface area contributed by atoms with Gasteiger partial charge < -0.3 is 38.3 Å². The van der Waals surface area contributed by atoms with Crippen LogP contribution in [0.15, 0.2) is 0 Å². The van der Waals surface area contributed by atoms with Crippen molar-refractivity contribution in [2.24, 2.45) is 29.0 Å². The highest BCUT2D eigenvalue weighted by molar-refractivity contribution is 5.94. The third-order valence-corrected chi connectivity index (χ3v) is 5.19. The molecule has 0 fully saturated rings. The zero-order valence-electron chi connectivity index (χ0n) is 20.6. The van der Waals surface area contributed by atoms with Gasteiger partial charge >= 0.3 is 5.97 Å². The quantitative estimate of drug-likeness (QED) is 0.125. The van der Waals surface area contributed by atoms with E-state index in [4.69, 9.17) is 17.2 Å². The molecule has 0 aliphatic carbocycles. The third kappa shape index (κ3) is 12.5. The molecule has 0 rings (SSSR count). The van der Waals surface area contributed by atoms with Crippen molar-refractivity contribution in [2.45, 2.75) is 90.4 Å². The number of carboxylic acid groups (broad SMARTS) is 1. The van der Waals surface area contributed by atoms with E-state index >= 15 is 0 Å². The molecule has 12 heteroatoms. The van der Waals surface area contributed by atoms with Crippen LogP contribution in [0.25, 0.3) is 0 Å². The highest BCUT2D eigenvalue weighted by Crippen LogP contribution is 2.10. The normalized spacial score (nSPS) is 14.7. The molecular weight excluding hydrogens is 444 g/mol. The second-order valence-corrected chi connectivity index (χ2v) is 9.22. The fraction of sp³-hybridized carbons (Fsp3) is 0.773. The minimum atomic E-state index is -1.17. The predicted octanol–water partition coefficient (Wildman–Crippen LogP) is -1.05. The van der Waals surface area contributed by atoms with E-state index in [0.29, 0.717) is 19.4 Å². The first-order valence-corrected chi connectivity index (χ1v) is 11.7. The number of hydrogen-bond acceptors (Lipinski definition) is 7. The topological polar surface area (TPSA) is 220 Å². The number of carbonyl (C=O) groups is 5. The van der Waals surface area contributed by atoms with Gasteiger partial charge in [-0.2, -0.15) is 0 Å². The fourth-order valence-corrected chi connectivity index (χ4v) is 3.21. The van der Waals surface area contributed by atoms with Gasteiger partial charge in [-0.15, -0.1) is 0 Å². The first-order chi connectivity index (χ1) is 15.8. The highest BCUT2D eigenvalue weighted by Gasteiger charge is 2.32. The lowest BCUT2D eigenvalue weighted by Crippen LogP contribution is -2.58. The summed E-state index contributed by atoms with van der Waals surface area (Å²) in [5, 5.41) is 17.1. The lowest BCUT2D eigenvalue weighted by molar-refractivity contribution is -0.143. The van der Waals surface area contributed by atoms with Crippen LogP contribution < -0.4 is 33.2 Å². The first kappa shape index (κ1) is 31.3. The fourth-order valence-electron chi connectivity index (χ4n) is 3.21. The Hall–Kier alpha value is -2.73. The van der Waals surface area contributed by atoms with Crippen LogP contribution >= 0.6 is 0 Å². The number of nitrogens with one attached hydrogen (secondary N) is 3. The summed E-state index contributed by atoms with van der Waals surface area (Å²) < 4.78 is 0. The summed E-state index contributed by atoms with van der Waals surface area (Å²) in [5.74, 6) is -3.91. The number of aliphatic carboxylic acids is 1. The zero-order valence-corrected chi connectivity index (χ0v) is 20.6. The summed E-state index contributed by atoms with van der Waals surface area (Å²) in [7, 11) is 0. The van der Waals surface area contributed by atoms with Gasteiger partial charge in [0.2, 0.25) is 23.6 Å². The van der Waals surface area contributed by atoms with Crippen LogP contribution in [0.5, 0.6) is 0 Å². The monoisotopic (exact) mass is 486 g/mol. The van der Waals surface area contributed by atoms with Crippen molar-refractivity contribution < 1.29 is 29.1 Å². The molecule has 34 heavy (non-hydrogen) atoms. The number of rotatable bonds is 17. The summed E-state index contributed by atoms with van der Waals surface area (Å²) >= 11 is 0. The van der Waals surface area contributed by atoms with E-state index in [0.717, 1.165) is 0 Å². The molecule has 4 amide bonds. The minimum Gasteiger partial charge on any atom is -0.480 e. The van der Waals surface area contributed by atoms with Gasteiger partial charge in [0.25, 0.3) is 0 Å². The SMILES string of the molecule is CC(C)CC(NC(=O)C(N)CCC(N)=O)C(=O)NC(C(=O)NC(CCCCN)C(=O)O)C(C)C. The van der Waals surface area contributed by atoms with Gasteiger partial charge in [0, 0.05) is 6.42 Å². The molecular formula is C22H42N6O6. The molecule has 10 N–H and O–H groups in total. The molecule has 0 spiro atoms. The molecule has 0 aliphatic heterocycles. The van der Waals surface area contributed by atoms with Crippen molar-refractivity contribution >= 4 is 29.6 Å². The minimum absolute atomic E-state index is 0.0307. The van der Waals surface area contributed by atoms with Crippen LogP contribution in [0.3, 0.4) is 0 Å². The molecule has 0 aromatic rings. The average Bonchev–Trinajstić information content (AvgIpc) is 2.73. The Kier molecular flexibility index (Phi) is 14.7. The van der Waals surface area contributed by atoms with Gasteiger partial charge in [-0.05, 0) is 50.5 Å². The summed E-state index contributed by atoms with van der Waals surface area (Å²) in [6, 6.07) is -4.12. The second-order valence-electron chi connectivity index (χ2n) is 9.22. The molecule has 0 saturated heterocycles. The van der Waals surface area contributed by atoms with Gasteiger partial charge in [-0.3, -0.25) is 19.2 Å². The molecule has 196 valence electrons. The van der Waals surface area contributed by atoms with Crippen molar-refractivity contribution in [1.82, 2.24) is 16.0 Å². The summed E-state index contributed by atoms with van der Waals surface area (Å²) in [6.07, 6.45) is 1.62. The maximum absolute atomic E-state index is 13.0. The summed E-state index contributed by atoms with van der Waals surface area (Å²) in [6.45, 7) is 7.57. The van der Waals surface area contributed by atoms with Crippen molar-refractivity contribution in [3.63, 3.8) is 0 Å². The molecule has 0 saturated carbocycles. The van der Waals surface area contributed by atoms with Crippen LogP contribution in [0.2, 0.25) is 0 Å². The van der Waals surface area contributed by atoms with Crippen LogP contribution in [-0.2, 0) is 24.0 Å². The molecule has 0 aliphatic rings. The summed E-state index contributed by atoms with van der Waals surface area (Å²) in [5.41, 5.74) is 16.3. The number of amides is 4. The van der Waals surface area contributed by atoms with Gasteiger partial charge in [0.15, 0.2) is 0 Å². The van der Waals surface area contributed by atoms with E-state index in [-0.39, 0.29) is 37.5 Å². The van der Waals surface area contributed by atoms with Crippen molar-refractivity contribution in [1.29, 1.82) is 0 Å². The highest BCUT2D eigenvalue weighted by atomic mass is 16.4. The lowest BCUT2D eigenvalue weighted by Gasteiger charge is -2.27. The van der Waals surface area contributed by atoms with E-state index in [1.165, 1.54) is 0 Å². The molecule has 0 aromatic heterocycles. The van der Waals surface area contributed by atoms with Gasteiger partial charge in [-0.1, -0.05) is 27.7 Å². The Morgan fingerprint density at radius 1 is 0.824 bits per heavy atom. The van der Waals surface area contributed by atoms with Crippen LogP contribution in [0, 0.1) is 11.8 Å². The van der Waals surface area contributed by atoms with Gasteiger partial charge in [-0.25, -0.2) is 4.79 Å². The smallest absolute Gasteiger partial charge is 0.326 e. The Morgan fingerprint density at radius 2 is 1.41 bits per heavy atom. The largest absolute Gasteiger partial charge is 0.480 e. The van der Waals surface area contributed by atoms with Crippen LogP contribution in [0.1, 0.15) is 66.2 Å². The average molecular weight is 487 g/mol. The van der Waals surface area contributed by atoms with E-state index in [2.05, 4.69) is 16.0 Å². The van der Waals surface area contributed by atoms with Crippen LogP contribution in [-0.4, -0.2) is 65.4 Å². The molecule has 12 nitrogen and oxygen atoms in total. The van der Waals surface area contributed by atoms with E-state index in [9.17, 15) is 29.1 Å². The predicted molar refractivity (Wildman–Crippen MR) is 127 cm³/mol. The third-order valence-electron chi connectivity index (χ3n) is 5.19. The number of nitrogens with two attached hydrogens (primary N) is 3. The molecule has 0 bridgehead atoms. The zero-order chi connectivity index (χ0) is 26.4. The summed E-state index contributed by atoms with van der Waals surface area (Å²) in [4.78, 5) is 60.7. The maximum atomic E-state index is 13.0. The molecule has 0 heterocycles. The van der Waals surface area contributed by atoms with Gasteiger partial charge in [0.1, 0.15) is 18.1 Å². The van der Waals surface area contributed by atoms with Crippen LogP contribution in [0.4, 0.5) is 0 Å². The number of primary amides is 1. The van der Waals surface area contributed by atoms with Gasteiger partial charge in [0.05, 0.1) is 6.04 Å². The van der Waals surface area contributed by atoms with Crippen molar-refractivity contribution in [3.05, 3.63) is 0 Å². The Balaban J connectivity index is 5.35. The molecule has 0 radical (unpaired) electrons. The van der Waals surface area contributed by atoms with E-state index in [1.807, 2.05) is 13.8 Å². The first-order valence-electron chi connectivity index (χ1n) is 11.7.